The van der Waals surface area contributed by atoms with Crippen LogP contribution in [-0.4, -0.2) is 16.7 Å². The first kappa shape index (κ1) is 14.4. The van der Waals surface area contributed by atoms with Crippen LogP contribution >= 0.6 is 15.9 Å². The van der Waals surface area contributed by atoms with E-state index in [1.54, 1.807) is 12.1 Å². The zero-order valence-corrected chi connectivity index (χ0v) is 13.4. The van der Waals surface area contributed by atoms with E-state index in [4.69, 9.17) is 4.74 Å². The van der Waals surface area contributed by atoms with E-state index >= 15 is 0 Å². The Bertz CT molecular complexity index is 674. The van der Waals surface area contributed by atoms with Gasteiger partial charge in [0.25, 0.3) is 0 Å². The lowest BCUT2D eigenvalue weighted by Crippen LogP contribution is -2.14. The molecule has 2 aromatic rings. The quantitative estimate of drug-likeness (QED) is 0.891. The fourth-order valence-electron chi connectivity index (χ4n) is 2.53. The van der Waals surface area contributed by atoms with Gasteiger partial charge in [0.2, 0.25) is 0 Å². The van der Waals surface area contributed by atoms with Crippen LogP contribution < -0.4 is 10.1 Å². The molecule has 5 heteroatoms. The van der Waals surface area contributed by atoms with E-state index in [1.807, 2.05) is 6.92 Å². The van der Waals surface area contributed by atoms with Crippen LogP contribution in [0.1, 0.15) is 22.5 Å². The Morgan fingerprint density at radius 1 is 1.33 bits per heavy atom. The number of pyridine rings is 1. The Balaban J connectivity index is 1.70. The molecule has 1 aliphatic heterocycles. The topological polar surface area (TPSA) is 54.4 Å². The summed E-state index contributed by atoms with van der Waals surface area (Å²) in [4.78, 5) is 4.34. The number of nitrogens with zero attached hydrogens (tertiary/aromatic N) is 1. The lowest BCUT2D eigenvalue weighted by Gasteiger charge is -2.11. The Labute approximate surface area is 132 Å². The normalized spacial score (nSPS) is 13.0. The number of hydrogen-bond donors (Lipinski definition) is 2. The summed E-state index contributed by atoms with van der Waals surface area (Å²) in [6.07, 6.45) is 0.960. The SMILES string of the molecule is Cc1ccc(O)c(CNCc2cc(Br)cc3c2OCC3)n1. The van der Waals surface area contributed by atoms with E-state index in [1.165, 1.54) is 5.56 Å². The van der Waals surface area contributed by atoms with Gasteiger partial charge in [0, 0.05) is 35.2 Å². The average molecular weight is 349 g/mol. The number of aromatic hydroxyl groups is 1. The number of hydrogen-bond acceptors (Lipinski definition) is 4. The standard InChI is InChI=1S/C16H17BrN2O2/c1-10-2-3-15(20)14(19-10)9-18-8-12-7-13(17)6-11-4-5-21-16(11)12/h2-3,6-7,18,20H,4-5,8-9H2,1H3. The summed E-state index contributed by atoms with van der Waals surface area (Å²) in [6, 6.07) is 7.66. The van der Waals surface area contributed by atoms with Gasteiger partial charge >= 0.3 is 0 Å². The smallest absolute Gasteiger partial charge is 0.138 e. The Morgan fingerprint density at radius 2 is 2.19 bits per heavy atom. The first-order chi connectivity index (χ1) is 10.1. The minimum atomic E-state index is 0.226. The van der Waals surface area contributed by atoms with Crippen LogP contribution in [0.3, 0.4) is 0 Å². The third-order valence-corrected chi connectivity index (χ3v) is 3.98. The van der Waals surface area contributed by atoms with Gasteiger partial charge in [-0.25, -0.2) is 0 Å². The predicted molar refractivity (Wildman–Crippen MR) is 84.5 cm³/mol. The number of benzene rings is 1. The molecule has 0 atom stereocenters. The van der Waals surface area contributed by atoms with Crippen molar-refractivity contribution in [2.24, 2.45) is 0 Å². The summed E-state index contributed by atoms with van der Waals surface area (Å²) in [5.41, 5.74) is 3.94. The molecule has 0 fully saturated rings. The Morgan fingerprint density at radius 3 is 3.05 bits per heavy atom. The summed E-state index contributed by atoms with van der Waals surface area (Å²) in [5, 5.41) is 13.1. The van der Waals surface area contributed by atoms with Crippen LogP contribution in [-0.2, 0) is 19.5 Å². The van der Waals surface area contributed by atoms with Crippen molar-refractivity contribution in [1.29, 1.82) is 0 Å². The predicted octanol–water partition coefficient (Wildman–Crippen LogP) is 3.08. The molecule has 21 heavy (non-hydrogen) atoms. The first-order valence-electron chi connectivity index (χ1n) is 6.94. The maximum absolute atomic E-state index is 9.80. The second-order valence-corrected chi connectivity index (χ2v) is 6.09. The number of aromatic nitrogens is 1. The van der Waals surface area contributed by atoms with E-state index in [-0.39, 0.29) is 5.75 Å². The molecule has 0 spiro atoms. The average Bonchev–Trinajstić information content (AvgIpc) is 2.90. The summed E-state index contributed by atoms with van der Waals surface area (Å²) in [5.74, 6) is 1.22. The third-order valence-electron chi connectivity index (χ3n) is 3.52. The van der Waals surface area contributed by atoms with Crippen LogP contribution in [0.25, 0.3) is 0 Å². The molecular formula is C16H17BrN2O2. The fraction of sp³-hybridized carbons (Fsp3) is 0.312. The summed E-state index contributed by atoms with van der Waals surface area (Å²) in [6.45, 7) is 3.86. The number of ether oxygens (including phenoxy) is 1. The molecule has 0 saturated carbocycles. The lowest BCUT2D eigenvalue weighted by molar-refractivity contribution is 0.352. The molecule has 1 aliphatic rings. The monoisotopic (exact) mass is 348 g/mol. The molecule has 0 aliphatic carbocycles. The van der Waals surface area contributed by atoms with Gasteiger partial charge in [-0.15, -0.1) is 0 Å². The van der Waals surface area contributed by atoms with Gasteiger partial charge in [-0.05, 0) is 36.8 Å². The van der Waals surface area contributed by atoms with Crippen molar-refractivity contribution in [3.63, 3.8) is 0 Å². The van der Waals surface area contributed by atoms with E-state index in [0.29, 0.717) is 18.8 Å². The highest BCUT2D eigenvalue weighted by atomic mass is 79.9. The van der Waals surface area contributed by atoms with Crippen LogP contribution in [0.5, 0.6) is 11.5 Å². The highest BCUT2D eigenvalue weighted by Crippen LogP contribution is 2.32. The van der Waals surface area contributed by atoms with Crippen molar-refractivity contribution >= 4 is 15.9 Å². The van der Waals surface area contributed by atoms with Crippen molar-refractivity contribution in [2.45, 2.75) is 26.4 Å². The first-order valence-corrected chi connectivity index (χ1v) is 7.73. The van der Waals surface area contributed by atoms with E-state index in [2.05, 4.69) is 38.4 Å². The molecule has 2 heterocycles. The number of aryl methyl sites for hydroxylation is 1. The molecule has 2 N–H and O–H groups in total. The van der Waals surface area contributed by atoms with Crippen molar-refractivity contribution in [3.05, 3.63) is 51.3 Å². The van der Waals surface area contributed by atoms with Crippen LogP contribution in [0.4, 0.5) is 0 Å². The largest absolute Gasteiger partial charge is 0.506 e. The molecule has 0 saturated heterocycles. The minimum Gasteiger partial charge on any atom is -0.506 e. The third kappa shape index (κ3) is 3.19. The van der Waals surface area contributed by atoms with E-state index in [9.17, 15) is 5.11 Å². The fourth-order valence-corrected chi connectivity index (χ4v) is 3.08. The number of fused-ring (bicyclic) bond motifs is 1. The second kappa shape index (κ2) is 6.03. The van der Waals surface area contributed by atoms with Crippen LogP contribution in [0.15, 0.2) is 28.7 Å². The van der Waals surface area contributed by atoms with E-state index < -0.39 is 0 Å². The number of nitrogens with one attached hydrogen (secondary N) is 1. The summed E-state index contributed by atoms with van der Waals surface area (Å²) >= 11 is 3.54. The van der Waals surface area contributed by atoms with Gasteiger partial charge in [0.15, 0.2) is 0 Å². The molecule has 0 radical (unpaired) electrons. The van der Waals surface area contributed by atoms with Gasteiger partial charge in [-0.1, -0.05) is 15.9 Å². The summed E-state index contributed by atoms with van der Waals surface area (Å²) < 4.78 is 6.77. The Hall–Kier alpha value is -1.59. The van der Waals surface area contributed by atoms with Crippen LogP contribution in [0.2, 0.25) is 0 Å². The van der Waals surface area contributed by atoms with Crippen molar-refractivity contribution in [2.75, 3.05) is 6.61 Å². The zero-order valence-electron chi connectivity index (χ0n) is 11.8. The lowest BCUT2D eigenvalue weighted by atomic mass is 10.1. The summed E-state index contributed by atoms with van der Waals surface area (Å²) in [7, 11) is 0. The van der Waals surface area contributed by atoms with Crippen molar-refractivity contribution in [1.82, 2.24) is 10.3 Å². The molecule has 0 unspecified atom stereocenters. The highest BCUT2D eigenvalue weighted by Gasteiger charge is 2.17. The molecular weight excluding hydrogens is 332 g/mol. The molecule has 1 aromatic heterocycles. The van der Waals surface area contributed by atoms with Crippen molar-refractivity contribution < 1.29 is 9.84 Å². The number of halogens is 1. The zero-order chi connectivity index (χ0) is 14.8. The molecule has 4 nitrogen and oxygen atoms in total. The Kier molecular flexibility index (Phi) is 4.12. The minimum absolute atomic E-state index is 0.226. The maximum atomic E-state index is 9.80. The molecule has 110 valence electrons. The van der Waals surface area contributed by atoms with Gasteiger partial charge in [0.1, 0.15) is 11.5 Å². The number of rotatable bonds is 4. The molecule has 0 amide bonds. The molecule has 3 rings (SSSR count). The van der Waals surface area contributed by atoms with Gasteiger partial charge in [0.05, 0.1) is 12.3 Å². The van der Waals surface area contributed by atoms with Gasteiger partial charge < -0.3 is 15.2 Å². The van der Waals surface area contributed by atoms with E-state index in [0.717, 1.165) is 34.5 Å². The second-order valence-electron chi connectivity index (χ2n) is 5.17. The highest BCUT2D eigenvalue weighted by molar-refractivity contribution is 9.10. The maximum Gasteiger partial charge on any atom is 0.138 e. The van der Waals surface area contributed by atoms with Crippen LogP contribution in [0, 0.1) is 6.92 Å². The molecule has 0 bridgehead atoms. The molecule has 1 aromatic carbocycles. The van der Waals surface area contributed by atoms with Crippen molar-refractivity contribution in [3.8, 4) is 11.5 Å². The van der Waals surface area contributed by atoms with Gasteiger partial charge in [-0.2, -0.15) is 0 Å². The van der Waals surface area contributed by atoms with Gasteiger partial charge in [-0.3, -0.25) is 4.98 Å².